The van der Waals surface area contributed by atoms with E-state index in [1.807, 2.05) is 19.9 Å². The van der Waals surface area contributed by atoms with E-state index in [1.54, 1.807) is 35.2 Å². The molecule has 0 spiro atoms. The largest absolute Gasteiger partial charge is 0.417 e. The summed E-state index contributed by atoms with van der Waals surface area (Å²) in [6, 6.07) is 13.9. The molecule has 0 saturated heterocycles. The van der Waals surface area contributed by atoms with Crippen LogP contribution in [0, 0.1) is 17.2 Å². The third-order valence-corrected chi connectivity index (χ3v) is 3.77. The van der Waals surface area contributed by atoms with Gasteiger partial charge in [-0.15, -0.1) is 0 Å². The average molecular weight is 375 g/mol. The van der Waals surface area contributed by atoms with Crippen LogP contribution in [0.4, 0.5) is 24.5 Å². The summed E-state index contributed by atoms with van der Waals surface area (Å²) >= 11 is 0. The van der Waals surface area contributed by atoms with Crippen LogP contribution in [0.15, 0.2) is 48.5 Å². The van der Waals surface area contributed by atoms with Gasteiger partial charge in [-0.3, -0.25) is 4.79 Å². The first-order chi connectivity index (χ1) is 12.7. The molecule has 142 valence electrons. The van der Waals surface area contributed by atoms with Crippen LogP contribution < -0.4 is 10.2 Å². The minimum Gasteiger partial charge on any atom is -0.362 e. The number of halogens is 3. The Kier molecular flexibility index (Phi) is 6.45. The summed E-state index contributed by atoms with van der Waals surface area (Å²) in [6.45, 7) is 4.12. The van der Waals surface area contributed by atoms with Crippen molar-refractivity contribution in [3.05, 3.63) is 59.7 Å². The van der Waals surface area contributed by atoms with E-state index >= 15 is 0 Å². The van der Waals surface area contributed by atoms with Gasteiger partial charge in [-0.25, -0.2) is 0 Å². The molecule has 1 N–H and O–H groups in total. The van der Waals surface area contributed by atoms with Gasteiger partial charge in [0, 0.05) is 17.9 Å². The number of benzene rings is 2. The number of carbonyl (C=O) groups excluding carboxylic acids is 1. The number of nitriles is 1. The van der Waals surface area contributed by atoms with Crippen molar-refractivity contribution in [3.8, 4) is 6.07 Å². The topological polar surface area (TPSA) is 56.1 Å². The summed E-state index contributed by atoms with van der Waals surface area (Å²) in [7, 11) is 0. The van der Waals surface area contributed by atoms with E-state index in [4.69, 9.17) is 5.26 Å². The molecule has 0 aliphatic carbocycles. The first-order valence-corrected chi connectivity index (χ1v) is 8.42. The summed E-state index contributed by atoms with van der Waals surface area (Å²) in [5.74, 6) is -0.209. The van der Waals surface area contributed by atoms with Crippen molar-refractivity contribution in [2.24, 2.45) is 5.92 Å². The lowest BCUT2D eigenvalue weighted by Gasteiger charge is -2.27. The van der Waals surface area contributed by atoms with Crippen LogP contribution in [0.1, 0.15) is 25.0 Å². The second-order valence-corrected chi connectivity index (χ2v) is 6.53. The molecule has 27 heavy (non-hydrogen) atoms. The van der Waals surface area contributed by atoms with E-state index in [-0.39, 0.29) is 24.1 Å². The van der Waals surface area contributed by atoms with Crippen LogP contribution >= 0.6 is 0 Å². The van der Waals surface area contributed by atoms with Gasteiger partial charge < -0.3 is 10.2 Å². The number of nitrogens with one attached hydrogen (secondary N) is 1. The van der Waals surface area contributed by atoms with Crippen molar-refractivity contribution in [3.63, 3.8) is 0 Å². The Morgan fingerprint density at radius 1 is 1.19 bits per heavy atom. The number of anilines is 2. The number of para-hydroxylation sites is 1. The van der Waals surface area contributed by atoms with Crippen LogP contribution in [-0.4, -0.2) is 19.0 Å². The minimum absolute atomic E-state index is 0.101. The number of carbonyl (C=O) groups is 1. The zero-order chi connectivity index (χ0) is 20.0. The summed E-state index contributed by atoms with van der Waals surface area (Å²) in [5, 5.41) is 11.7. The van der Waals surface area contributed by atoms with Gasteiger partial charge in [0.2, 0.25) is 5.91 Å². The highest BCUT2D eigenvalue weighted by molar-refractivity contribution is 5.94. The van der Waals surface area contributed by atoms with Crippen LogP contribution in [0.25, 0.3) is 0 Å². The van der Waals surface area contributed by atoms with E-state index < -0.39 is 17.3 Å². The van der Waals surface area contributed by atoms with Crippen LogP contribution in [-0.2, 0) is 11.0 Å². The fourth-order valence-corrected chi connectivity index (χ4v) is 2.66. The van der Waals surface area contributed by atoms with Gasteiger partial charge in [-0.05, 0) is 36.2 Å². The molecule has 0 fully saturated rings. The van der Waals surface area contributed by atoms with Gasteiger partial charge in [0.05, 0.1) is 23.7 Å². The maximum Gasteiger partial charge on any atom is 0.417 e. The second-order valence-electron chi connectivity index (χ2n) is 6.53. The molecule has 4 nitrogen and oxygen atoms in total. The van der Waals surface area contributed by atoms with E-state index in [9.17, 15) is 18.0 Å². The molecule has 1 amide bonds. The highest BCUT2D eigenvalue weighted by Gasteiger charge is 2.34. The second kappa shape index (κ2) is 8.58. The molecular weight excluding hydrogens is 355 g/mol. The van der Waals surface area contributed by atoms with Gasteiger partial charge in [0.25, 0.3) is 0 Å². The maximum absolute atomic E-state index is 13.2. The summed E-state index contributed by atoms with van der Waals surface area (Å²) in [6.07, 6.45) is -4.64. The highest BCUT2D eigenvalue weighted by Crippen LogP contribution is 2.34. The quantitative estimate of drug-likeness (QED) is 0.798. The van der Waals surface area contributed by atoms with Crippen molar-refractivity contribution >= 4 is 17.3 Å². The summed E-state index contributed by atoms with van der Waals surface area (Å²) in [5.41, 5.74) is -0.578. The third kappa shape index (κ3) is 5.74. The molecule has 2 rings (SSSR count). The van der Waals surface area contributed by atoms with Gasteiger partial charge in [-0.1, -0.05) is 32.0 Å². The Balaban J connectivity index is 2.28. The van der Waals surface area contributed by atoms with Gasteiger partial charge in [-0.2, -0.15) is 18.4 Å². The zero-order valence-corrected chi connectivity index (χ0v) is 15.0. The SMILES string of the molecule is CC(C)CN(CC(=O)Nc1ccccc1)c1ccc(C#N)c(C(F)(F)F)c1. The van der Waals surface area contributed by atoms with Crippen molar-refractivity contribution in [1.29, 1.82) is 5.26 Å². The molecule has 0 heterocycles. The molecule has 2 aromatic carbocycles. The smallest absolute Gasteiger partial charge is 0.362 e. The van der Waals surface area contributed by atoms with Gasteiger partial charge in [0.15, 0.2) is 0 Å². The number of rotatable bonds is 6. The minimum atomic E-state index is -4.64. The molecule has 0 saturated carbocycles. The van der Waals surface area contributed by atoms with Crippen LogP contribution in [0.5, 0.6) is 0 Å². The molecule has 0 aromatic heterocycles. The number of hydrogen-bond acceptors (Lipinski definition) is 3. The molecule has 0 atom stereocenters. The number of nitrogens with zero attached hydrogens (tertiary/aromatic N) is 2. The molecule has 0 aliphatic heterocycles. The lowest BCUT2D eigenvalue weighted by atomic mass is 10.1. The predicted octanol–water partition coefficient (Wildman–Crippen LogP) is 4.68. The first kappa shape index (κ1) is 20.3. The van der Waals surface area contributed by atoms with Crippen molar-refractivity contribution < 1.29 is 18.0 Å². The lowest BCUT2D eigenvalue weighted by Crippen LogP contribution is -2.36. The summed E-state index contributed by atoms with van der Waals surface area (Å²) in [4.78, 5) is 13.9. The molecule has 7 heteroatoms. The molecule has 0 radical (unpaired) electrons. The Bertz CT molecular complexity index is 827. The lowest BCUT2D eigenvalue weighted by molar-refractivity contribution is -0.137. The van der Waals surface area contributed by atoms with E-state index in [0.29, 0.717) is 12.2 Å². The number of hydrogen-bond donors (Lipinski definition) is 1. The number of alkyl halides is 3. The Labute approximate surface area is 156 Å². The van der Waals surface area contributed by atoms with Crippen molar-refractivity contribution in [2.75, 3.05) is 23.3 Å². The van der Waals surface area contributed by atoms with E-state index in [2.05, 4.69) is 5.32 Å². The first-order valence-electron chi connectivity index (χ1n) is 8.42. The third-order valence-electron chi connectivity index (χ3n) is 3.77. The molecular formula is C20H20F3N3O. The summed E-state index contributed by atoms with van der Waals surface area (Å²) < 4.78 is 39.7. The Hall–Kier alpha value is -3.01. The predicted molar refractivity (Wildman–Crippen MR) is 98.3 cm³/mol. The number of amides is 1. The van der Waals surface area contributed by atoms with Crippen molar-refractivity contribution in [1.82, 2.24) is 0 Å². The Morgan fingerprint density at radius 3 is 2.41 bits per heavy atom. The van der Waals surface area contributed by atoms with E-state index in [0.717, 1.165) is 12.1 Å². The average Bonchev–Trinajstić information content (AvgIpc) is 2.60. The van der Waals surface area contributed by atoms with Gasteiger partial charge in [0.1, 0.15) is 0 Å². The Morgan fingerprint density at radius 2 is 1.85 bits per heavy atom. The monoisotopic (exact) mass is 375 g/mol. The standard InChI is InChI=1S/C20H20F3N3O/c1-14(2)12-26(13-19(27)25-16-6-4-3-5-7-16)17-9-8-15(11-24)18(10-17)20(21,22)23/h3-10,14H,12-13H2,1-2H3,(H,25,27). The fourth-order valence-electron chi connectivity index (χ4n) is 2.66. The molecule has 0 aliphatic rings. The van der Waals surface area contributed by atoms with Crippen LogP contribution in [0.2, 0.25) is 0 Å². The molecule has 0 bridgehead atoms. The normalized spacial score (nSPS) is 11.1. The fraction of sp³-hybridized carbons (Fsp3) is 0.300. The molecule has 2 aromatic rings. The highest BCUT2D eigenvalue weighted by atomic mass is 19.4. The van der Waals surface area contributed by atoms with E-state index in [1.165, 1.54) is 6.07 Å². The van der Waals surface area contributed by atoms with Crippen LogP contribution in [0.3, 0.4) is 0 Å². The zero-order valence-electron chi connectivity index (χ0n) is 15.0. The van der Waals surface area contributed by atoms with Gasteiger partial charge >= 0.3 is 6.18 Å². The van der Waals surface area contributed by atoms with Crippen molar-refractivity contribution in [2.45, 2.75) is 20.0 Å². The molecule has 0 unspecified atom stereocenters. The maximum atomic E-state index is 13.2.